The first-order valence-electron chi connectivity index (χ1n) is 5.65. The van der Waals surface area contributed by atoms with Crippen LogP contribution in [-0.4, -0.2) is 24.2 Å². The van der Waals surface area contributed by atoms with Gasteiger partial charge in [0.2, 0.25) is 5.91 Å². The highest BCUT2D eigenvalue weighted by Crippen LogP contribution is 2.13. The minimum Gasteiger partial charge on any atom is -0.396 e. The Kier molecular flexibility index (Phi) is 4.66. The molecule has 1 rings (SSSR count). The number of carbonyl (C=O) groups excluding carboxylic acids is 1. The zero-order valence-electron chi connectivity index (χ0n) is 10.3. The van der Waals surface area contributed by atoms with E-state index in [4.69, 9.17) is 10.8 Å². The highest BCUT2D eigenvalue weighted by Gasteiger charge is 2.20. The third-order valence-electron chi connectivity index (χ3n) is 2.61. The van der Waals surface area contributed by atoms with Gasteiger partial charge in [0.25, 0.3) is 0 Å². The molecule has 0 saturated carbocycles. The third kappa shape index (κ3) is 4.17. The van der Waals surface area contributed by atoms with E-state index in [2.05, 4.69) is 5.32 Å². The molecule has 0 bridgehead atoms. The Morgan fingerprint density at radius 2 is 2.00 bits per heavy atom. The number of aliphatic hydroxyl groups excluding tert-OH is 1. The van der Waals surface area contributed by atoms with Crippen molar-refractivity contribution in [2.75, 3.05) is 13.2 Å². The van der Waals surface area contributed by atoms with Crippen molar-refractivity contribution < 1.29 is 9.90 Å². The zero-order valence-corrected chi connectivity index (χ0v) is 10.3. The summed E-state index contributed by atoms with van der Waals surface area (Å²) in [4.78, 5) is 11.8. The Morgan fingerprint density at radius 3 is 2.53 bits per heavy atom. The average molecular weight is 236 g/mol. The highest BCUT2D eigenvalue weighted by atomic mass is 16.3. The van der Waals surface area contributed by atoms with Crippen LogP contribution < -0.4 is 11.1 Å². The maximum Gasteiger partial charge on any atom is 0.241 e. The molecule has 0 aromatic heterocycles. The van der Waals surface area contributed by atoms with Gasteiger partial charge in [-0.2, -0.15) is 0 Å². The van der Waals surface area contributed by atoms with Crippen molar-refractivity contribution in [1.82, 2.24) is 5.32 Å². The van der Waals surface area contributed by atoms with Gasteiger partial charge in [0.15, 0.2) is 0 Å². The predicted molar refractivity (Wildman–Crippen MR) is 67.2 cm³/mol. The number of nitrogens with two attached hydrogens (primary N) is 1. The van der Waals surface area contributed by atoms with Crippen molar-refractivity contribution in [2.24, 2.45) is 11.1 Å². The molecule has 17 heavy (non-hydrogen) atoms. The largest absolute Gasteiger partial charge is 0.396 e. The van der Waals surface area contributed by atoms with Crippen molar-refractivity contribution >= 4 is 5.91 Å². The first-order chi connectivity index (χ1) is 7.96. The molecule has 94 valence electrons. The van der Waals surface area contributed by atoms with Crippen LogP contribution in [0, 0.1) is 5.41 Å². The second-order valence-electron chi connectivity index (χ2n) is 4.93. The van der Waals surface area contributed by atoms with E-state index in [1.807, 2.05) is 44.2 Å². The maximum atomic E-state index is 11.8. The summed E-state index contributed by atoms with van der Waals surface area (Å²) < 4.78 is 0. The number of rotatable bonds is 5. The quantitative estimate of drug-likeness (QED) is 0.708. The second kappa shape index (κ2) is 5.80. The first kappa shape index (κ1) is 13.7. The molecule has 4 heteroatoms. The molecule has 0 unspecified atom stereocenters. The molecule has 0 aliphatic heterocycles. The number of nitrogens with one attached hydrogen (secondary N) is 1. The van der Waals surface area contributed by atoms with E-state index in [1.54, 1.807) is 0 Å². The van der Waals surface area contributed by atoms with Crippen molar-refractivity contribution in [3.05, 3.63) is 35.9 Å². The van der Waals surface area contributed by atoms with E-state index < -0.39 is 6.04 Å². The van der Waals surface area contributed by atoms with E-state index in [0.29, 0.717) is 6.54 Å². The minimum absolute atomic E-state index is 0.0217. The second-order valence-corrected chi connectivity index (χ2v) is 4.93. The van der Waals surface area contributed by atoms with Gasteiger partial charge < -0.3 is 16.2 Å². The van der Waals surface area contributed by atoms with E-state index >= 15 is 0 Å². The van der Waals surface area contributed by atoms with Gasteiger partial charge in [0.05, 0.1) is 0 Å². The molecule has 0 aliphatic rings. The predicted octanol–water partition coefficient (Wildman–Crippen LogP) is 0.821. The van der Waals surface area contributed by atoms with Crippen molar-refractivity contribution in [2.45, 2.75) is 19.9 Å². The van der Waals surface area contributed by atoms with Gasteiger partial charge in [0.1, 0.15) is 6.04 Å². The topological polar surface area (TPSA) is 75.3 Å². The van der Waals surface area contributed by atoms with Crippen LogP contribution >= 0.6 is 0 Å². The zero-order chi connectivity index (χ0) is 12.9. The molecule has 1 aromatic carbocycles. The Hall–Kier alpha value is -1.39. The Bertz CT molecular complexity index is 363. The van der Waals surface area contributed by atoms with E-state index in [0.717, 1.165) is 5.56 Å². The number of amides is 1. The van der Waals surface area contributed by atoms with Gasteiger partial charge >= 0.3 is 0 Å². The molecule has 0 radical (unpaired) electrons. The molecule has 0 aliphatic carbocycles. The number of hydrogen-bond donors (Lipinski definition) is 3. The van der Waals surface area contributed by atoms with Crippen molar-refractivity contribution in [1.29, 1.82) is 0 Å². The number of hydrogen-bond acceptors (Lipinski definition) is 3. The van der Waals surface area contributed by atoms with E-state index in [1.165, 1.54) is 0 Å². The lowest BCUT2D eigenvalue weighted by Crippen LogP contribution is -2.40. The monoisotopic (exact) mass is 236 g/mol. The molecular formula is C13H20N2O2. The van der Waals surface area contributed by atoms with Gasteiger partial charge in [-0.25, -0.2) is 0 Å². The fraction of sp³-hybridized carbons (Fsp3) is 0.462. The summed E-state index contributed by atoms with van der Waals surface area (Å²) in [6.07, 6.45) is 0. The summed E-state index contributed by atoms with van der Waals surface area (Å²) in [5.74, 6) is -0.224. The fourth-order valence-corrected chi connectivity index (χ4v) is 1.30. The standard InChI is InChI=1S/C13H20N2O2/c1-13(2,9-16)8-15-12(17)11(14)10-6-4-3-5-7-10/h3-7,11,16H,8-9,14H2,1-2H3,(H,15,17)/t11-/m0/s1. The summed E-state index contributed by atoms with van der Waals surface area (Å²) in [6, 6.07) is 8.55. The average Bonchev–Trinajstić information content (AvgIpc) is 2.36. The lowest BCUT2D eigenvalue weighted by atomic mass is 9.94. The Morgan fingerprint density at radius 1 is 1.41 bits per heavy atom. The van der Waals surface area contributed by atoms with Gasteiger partial charge in [-0.1, -0.05) is 44.2 Å². The molecule has 0 fully saturated rings. The summed E-state index contributed by atoms with van der Waals surface area (Å²) in [5.41, 5.74) is 6.29. The van der Waals surface area contributed by atoms with E-state index in [9.17, 15) is 4.79 Å². The molecular weight excluding hydrogens is 216 g/mol. The number of aliphatic hydroxyl groups is 1. The van der Waals surface area contributed by atoms with Gasteiger partial charge in [-0.3, -0.25) is 4.79 Å². The molecule has 0 saturated heterocycles. The van der Waals surface area contributed by atoms with Crippen LogP contribution in [-0.2, 0) is 4.79 Å². The summed E-state index contributed by atoms with van der Waals surface area (Å²) in [5, 5.41) is 11.8. The van der Waals surface area contributed by atoms with Gasteiger partial charge in [-0.15, -0.1) is 0 Å². The molecule has 1 atom stereocenters. The normalized spacial score (nSPS) is 13.2. The first-order valence-corrected chi connectivity index (χ1v) is 5.65. The van der Waals surface area contributed by atoms with Crippen LogP contribution in [0.15, 0.2) is 30.3 Å². The minimum atomic E-state index is -0.661. The molecule has 1 amide bonds. The number of carbonyl (C=O) groups is 1. The fourth-order valence-electron chi connectivity index (χ4n) is 1.30. The summed E-state index contributed by atoms with van der Waals surface area (Å²) in [7, 11) is 0. The summed E-state index contributed by atoms with van der Waals surface area (Å²) >= 11 is 0. The van der Waals surface area contributed by atoms with Crippen LogP contribution in [0.1, 0.15) is 25.5 Å². The molecule has 0 heterocycles. The van der Waals surface area contributed by atoms with Crippen LogP contribution in [0.4, 0.5) is 0 Å². The lowest BCUT2D eigenvalue weighted by Gasteiger charge is -2.23. The molecule has 4 nitrogen and oxygen atoms in total. The Labute approximate surface area is 102 Å². The van der Waals surface area contributed by atoms with Crippen molar-refractivity contribution in [3.63, 3.8) is 0 Å². The van der Waals surface area contributed by atoms with Crippen LogP contribution in [0.25, 0.3) is 0 Å². The highest BCUT2D eigenvalue weighted by molar-refractivity contribution is 5.82. The SMILES string of the molecule is CC(C)(CO)CNC(=O)[C@@H](N)c1ccccc1. The van der Waals surface area contributed by atoms with Crippen LogP contribution in [0.5, 0.6) is 0 Å². The molecule has 4 N–H and O–H groups in total. The maximum absolute atomic E-state index is 11.8. The number of benzene rings is 1. The lowest BCUT2D eigenvalue weighted by molar-refractivity contribution is -0.123. The van der Waals surface area contributed by atoms with E-state index in [-0.39, 0.29) is 17.9 Å². The Balaban J connectivity index is 2.54. The summed E-state index contributed by atoms with van der Waals surface area (Å²) in [6.45, 7) is 4.18. The third-order valence-corrected chi connectivity index (χ3v) is 2.61. The van der Waals surface area contributed by atoms with Crippen LogP contribution in [0.3, 0.4) is 0 Å². The van der Waals surface area contributed by atoms with Gasteiger partial charge in [0, 0.05) is 18.6 Å². The van der Waals surface area contributed by atoms with Crippen LogP contribution in [0.2, 0.25) is 0 Å². The molecule has 0 spiro atoms. The smallest absolute Gasteiger partial charge is 0.241 e. The van der Waals surface area contributed by atoms with Gasteiger partial charge in [-0.05, 0) is 5.56 Å². The molecule has 1 aromatic rings. The van der Waals surface area contributed by atoms with Crippen molar-refractivity contribution in [3.8, 4) is 0 Å².